The number of hydrogen-bond acceptors (Lipinski definition) is 5. The van der Waals surface area contributed by atoms with E-state index >= 15 is 0 Å². The van der Waals surface area contributed by atoms with Crippen LogP contribution in [0.1, 0.15) is 0 Å². The summed E-state index contributed by atoms with van der Waals surface area (Å²) in [5, 5.41) is 10.7. The Bertz CT molecular complexity index is 405. The van der Waals surface area contributed by atoms with Crippen molar-refractivity contribution in [1.82, 2.24) is 0 Å². The molecule has 0 aliphatic carbocycles. The highest BCUT2D eigenvalue weighted by atomic mass is 32.2. The Morgan fingerprint density at radius 3 is 2.62 bits per heavy atom. The van der Waals surface area contributed by atoms with Gasteiger partial charge in [-0.15, -0.1) is 0 Å². The molecule has 1 fully saturated rings. The Hall–Kier alpha value is -1.43. The number of benzene rings is 1. The van der Waals surface area contributed by atoms with Gasteiger partial charge < -0.3 is 10.6 Å². The highest BCUT2D eigenvalue weighted by molar-refractivity contribution is 7.99. The van der Waals surface area contributed by atoms with Crippen LogP contribution in [0.2, 0.25) is 0 Å². The monoisotopic (exact) mass is 239 g/mol. The molecule has 0 aromatic heterocycles. The van der Waals surface area contributed by atoms with Gasteiger partial charge in [-0.2, -0.15) is 11.8 Å². The molecule has 0 spiro atoms. The fraction of sp³-hybridized carbons (Fsp3) is 0.400. The highest BCUT2D eigenvalue weighted by Crippen LogP contribution is 2.27. The summed E-state index contributed by atoms with van der Waals surface area (Å²) in [5.41, 5.74) is 7.03. The first kappa shape index (κ1) is 11.1. The van der Waals surface area contributed by atoms with E-state index in [1.807, 2.05) is 11.8 Å². The summed E-state index contributed by atoms with van der Waals surface area (Å²) in [6, 6.07) is 4.78. The number of nitrogens with zero attached hydrogens (tertiary/aromatic N) is 2. The Labute approximate surface area is 97.8 Å². The van der Waals surface area contributed by atoms with Gasteiger partial charge in [0, 0.05) is 48.1 Å². The molecule has 0 saturated carbocycles. The van der Waals surface area contributed by atoms with E-state index in [9.17, 15) is 10.1 Å². The minimum absolute atomic E-state index is 0.0632. The van der Waals surface area contributed by atoms with Gasteiger partial charge in [0.15, 0.2) is 0 Å². The topological polar surface area (TPSA) is 72.4 Å². The van der Waals surface area contributed by atoms with Crippen molar-refractivity contribution in [3.05, 3.63) is 28.3 Å². The zero-order valence-electron chi connectivity index (χ0n) is 8.76. The maximum Gasteiger partial charge on any atom is 0.273 e. The maximum atomic E-state index is 10.7. The third-order valence-electron chi connectivity index (χ3n) is 2.51. The van der Waals surface area contributed by atoms with Gasteiger partial charge in [0.25, 0.3) is 5.69 Å². The molecule has 6 heteroatoms. The average molecular weight is 239 g/mol. The van der Waals surface area contributed by atoms with Gasteiger partial charge in [-0.1, -0.05) is 0 Å². The first-order chi connectivity index (χ1) is 7.66. The minimum Gasteiger partial charge on any atom is -0.398 e. The van der Waals surface area contributed by atoms with E-state index in [-0.39, 0.29) is 5.69 Å². The molecule has 0 radical (unpaired) electrons. The van der Waals surface area contributed by atoms with Crippen LogP contribution in [0.15, 0.2) is 18.2 Å². The van der Waals surface area contributed by atoms with E-state index in [1.165, 1.54) is 6.07 Å². The van der Waals surface area contributed by atoms with E-state index in [0.29, 0.717) is 5.69 Å². The third kappa shape index (κ3) is 2.38. The number of nitrogens with two attached hydrogens (primary N) is 1. The molecule has 2 rings (SSSR count). The molecule has 5 nitrogen and oxygen atoms in total. The number of rotatable bonds is 2. The lowest BCUT2D eigenvalue weighted by Crippen LogP contribution is -2.32. The Morgan fingerprint density at radius 2 is 2.00 bits per heavy atom. The van der Waals surface area contributed by atoms with Gasteiger partial charge in [0.1, 0.15) is 0 Å². The smallest absolute Gasteiger partial charge is 0.273 e. The van der Waals surface area contributed by atoms with Gasteiger partial charge in [0.05, 0.1) is 4.92 Å². The number of non-ortho nitro benzene ring substituents is 1. The van der Waals surface area contributed by atoms with Crippen LogP contribution in [0, 0.1) is 10.1 Å². The standard InChI is InChI=1S/C10H13N3O2S/c11-8-5-9(7-10(6-8)13(14)15)12-1-3-16-4-2-12/h5-7H,1-4,11H2. The van der Waals surface area contributed by atoms with Crippen molar-refractivity contribution in [2.75, 3.05) is 35.2 Å². The van der Waals surface area contributed by atoms with Gasteiger partial charge in [-0.25, -0.2) is 0 Å². The van der Waals surface area contributed by atoms with Crippen molar-refractivity contribution in [3.8, 4) is 0 Å². The zero-order valence-corrected chi connectivity index (χ0v) is 9.57. The van der Waals surface area contributed by atoms with Crippen molar-refractivity contribution in [2.24, 2.45) is 0 Å². The summed E-state index contributed by atoms with van der Waals surface area (Å²) < 4.78 is 0. The van der Waals surface area contributed by atoms with Gasteiger partial charge in [0.2, 0.25) is 0 Å². The van der Waals surface area contributed by atoms with Crippen molar-refractivity contribution in [2.45, 2.75) is 0 Å². The number of nitro groups is 1. The number of thioether (sulfide) groups is 1. The molecule has 1 aliphatic rings. The SMILES string of the molecule is Nc1cc(N2CCSCC2)cc([N+](=O)[O-])c1. The molecule has 1 aromatic carbocycles. The van der Waals surface area contributed by atoms with E-state index in [4.69, 9.17) is 5.73 Å². The van der Waals surface area contributed by atoms with Gasteiger partial charge >= 0.3 is 0 Å². The summed E-state index contributed by atoms with van der Waals surface area (Å²) >= 11 is 1.90. The first-order valence-corrected chi connectivity index (χ1v) is 6.20. The Morgan fingerprint density at radius 1 is 1.31 bits per heavy atom. The van der Waals surface area contributed by atoms with Crippen LogP contribution >= 0.6 is 11.8 Å². The summed E-state index contributed by atoms with van der Waals surface area (Å²) in [4.78, 5) is 12.5. The van der Waals surface area contributed by atoms with Crippen LogP contribution in [-0.4, -0.2) is 29.5 Å². The second-order valence-corrected chi connectivity index (χ2v) is 4.86. The highest BCUT2D eigenvalue weighted by Gasteiger charge is 2.15. The van der Waals surface area contributed by atoms with Crippen LogP contribution in [-0.2, 0) is 0 Å². The summed E-state index contributed by atoms with van der Waals surface area (Å²) in [5.74, 6) is 2.12. The first-order valence-electron chi connectivity index (χ1n) is 5.04. The third-order valence-corrected chi connectivity index (χ3v) is 3.45. The fourth-order valence-electron chi connectivity index (χ4n) is 1.73. The molecular weight excluding hydrogens is 226 g/mol. The quantitative estimate of drug-likeness (QED) is 0.483. The minimum atomic E-state index is -0.404. The molecule has 1 saturated heterocycles. The number of anilines is 2. The van der Waals surface area contributed by atoms with Crippen LogP contribution in [0.4, 0.5) is 17.1 Å². The molecular formula is C10H13N3O2S. The summed E-state index contributed by atoms with van der Waals surface area (Å²) in [7, 11) is 0. The van der Waals surface area contributed by atoms with Crippen LogP contribution in [0.5, 0.6) is 0 Å². The lowest BCUT2D eigenvalue weighted by atomic mass is 10.2. The molecule has 16 heavy (non-hydrogen) atoms. The average Bonchev–Trinajstić information content (AvgIpc) is 2.29. The predicted octanol–water partition coefficient (Wildman–Crippen LogP) is 1.73. The van der Waals surface area contributed by atoms with E-state index < -0.39 is 4.92 Å². The Kier molecular flexibility index (Phi) is 3.19. The zero-order chi connectivity index (χ0) is 11.5. The van der Waals surface area contributed by atoms with Gasteiger partial charge in [-0.3, -0.25) is 10.1 Å². The lowest BCUT2D eigenvalue weighted by Gasteiger charge is -2.28. The lowest BCUT2D eigenvalue weighted by molar-refractivity contribution is -0.384. The summed E-state index contributed by atoms with van der Waals surface area (Å²) in [6.45, 7) is 1.84. The van der Waals surface area contributed by atoms with Gasteiger partial charge in [-0.05, 0) is 6.07 Å². The fourth-order valence-corrected chi connectivity index (χ4v) is 2.63. The van der Waals surface area contributed by atoms with Crippen LogP contribution in [0.3, 0.4) is 0 Å². The molecule has 86 valence electrons. The molecule has 1 aliphatic heterocycles. The van der Waals surface area contributed by atoms with Crippen molar-refractivity contribution >= 4 is 28.8 Å². The molecule has 0 amide bonds. The largest absolute Gasteiger partial charge is 0.398 e. The van der Waals surface area contributed by atoms with Crippen LogP contribution in [0.25, 0.3) is 0 Å². The normalized spacial score (nSPS) is 16.1. The molecule has 0 bridgehead atoms. The van der Waals surface area contributed by atoms with Crippen molar-refractivity contribution in [1.29, 1.82) is 0 Å². The molecule has 0 unspecified atom stereocenters. The van der Waals surface area contributed by atoms with E-state index in [1.54, 1.807) is 12.1 Å². The predicted molar refractivity (Wildman–Crippen MR) is 67.0 cm³/mol. The molecule has 2 N–H and O–H groups in total. The number of nitrogen functional groups attached to an aromatic ring is 1. The second-order valence-electron chi connectivity index (χ2n) is 3.64. The van der Waals surface area contributed by atoms with Crippen LogP contribution < -0.4 is 10.6 Å². The van der Waals surface area contributed by atoms with E-state index in [0.717, 1.165) is 30.3 Å². The number of nitro benzene ring substituents is 1. The molecule has 1 heterocycles. The maximum absolute atomic E-state index is 10.7. The second kappa shape index (κ2) is 4.61. The molecule has 0 atom stereocenters. The summed E-state index contributed by atoms with van der Waals surface area (Å²) in [6.07, 6.45) is 0. The molecule has 1 aromatic rings. The van der Waals surface area contributed by atoms with E-state index in [2.05, 4.69) is 4.90 Å². The van der Waals surface area contributed by atoms with Crippen molar-refractivity contribution < 1.29 is 4.92 Å². The Balaban J connectivity index is 2.28. The number of hydrogen-bond donors (Lipinski definition) is 1. The van der Waals surface area contributed by atoms with Crippen molar-refractivity contribution in [3.63, 3.8) is 0 Å².